The Labute approximate surface area is 273 Å². The van der Waals surface area contributed by atoms with E-state index in [9.17, 15) is 18.4 Å². The van der Waals surface area contributed by atoms with Crippen LogP contribution in [0.5, 0.6) is 5.75 Å². The summed E-state index contributed by atoms with van der Waals surface area (Å²) >= 11 is 0. The molecule has 0 bridgehead atoms. The van der Waals surface area contributed by atoms with Crippen molar-refractivity contribution < 1.29 is 27.2 Å². The summed E-state index contributed by atoms with van der Waals surface area (Å²) in [6.07, 6.45) is 10.7. The first kappa shape index (κ1) is 34.0. The number of nitrogens with one attached hydrogen (secondary N) is 1. The number of benzene rings is 2. The predicted octanol–water partition coefficient (Wildman–Crippen LogP) is 7.08. The van der Waals surface area contributed by atoms with Crippen molar-refractivity contribution in [3.63, 3.8) is 0 Å². The van der Waals surface area contributed by atoms with Gasteiger partial charge in [-0.2, -0.15) is 0 Å². The molecule has 1 amide bonds. The summed E-state index contributed by atoms with van der Waals surface area (Å²) in [6.45, 7) is 4.31. The molecule has 0 atom stereocenters. The molecule has 3 heterocycles. The molecular weight excluding hydrogens is 607 g/mol. The highest BCUT2D eigenvalue weighted by Gasteiger charge is 2.24. The number of pyridine rings is 2. The zero-order valence-electron chi connectivity index (χ0n) is 27.3. The fourth-order valence-electron chi connectivity index (χ4n) is 6.20. The predicted molar refractivity (Wildman–Crippen MR) is 179 cm³/mol. The van der Waals surface area contributed by atoms with E-state index in [0.717, 1.165) is 31.4 Å². The molecule has 47 heavy (non-hydrogen) atoms. The molecule has 0 aliphatic carbocycles. The lowest BCUT2D eigenvalue weighted by atomic mass is 10.1. The molecule has 0 spiro atoms. The zero-order chi connectivity index (χ0) is 33.6. The van der Waals surface area contributed by atoms with E-state index >= 15 is 4.39 Å². The first-order valence-corrected chi connectivity index (χ1v) is 16.3. The maximum absolute atomic E-state index is 15.7. The number of likely N-dealkylation sites (tertiary alicyclic amines) is 1. The van der Waals surface area contributed by atoms with Gasteiger partial charge in [-0.1, -0.05) is 12.8 Å². The Kier molecular flexibility index (Phi) is 10.9. The van der Waals surface area contributed by atoms with Crippen molar-refractivity contribution >= 4 is 28.4 Å². The summed E-state index contributed by atoms with van der Waals surface area (Å²) in [5.74, 6) is -2.44. The van der Waals surface area contributed by atoms with Gasteiger partial charge in [-0.15, -0.1) is 0 Å². The largest absolute Gasteiger partial charge is 0.493 e. The number of nitrogens with zero attached hydrogens (tertiary/aromatic N) is 4. The number of halogens is 3. The maximum atomic E-state index is 15.7. The number of aromatic nitrogens is 2. The second kappa shape index (κ2) is 15.0. The highest BCUT2D eigenvalue weighted by atomic mass is 19.1. The van der Waals surface area contributed by atoms with E-state index in [1.807, 2.05) is 0 Å². The Morgan fingerprint density at radius 2 is 1.64 bits per heavy atom. The summed E-state index contributed by atoms with van der Waals surface area (Å²) in [5, 5.41) is 2.43. The van der Waals surface area contributed by atoms with E-state index in [4.69, 9.17) is 4.74 Å². The van der Waals surface area contributed by atoms with Crippen molar-refractivity contribution in [1.82, 2.24) is 9.55 Å². The Morgan fingerprint density at radius 1 is 0.936 bits per heavy atom. The number of hydrogen-bond donors (Lipinski definition) is 1. The van der Waals surface area contributed by atoms with Crippen LogP contribution in [0.2, 0.25) is 0 Å². The summed E-state index contributed by atoms with van der Waals surface area (Å²) < 4.78 is 51.6. The van der Waals surface area contributed by atoms with Gasteiger partial charge in [0.15, 0.2) is 11.5 Å². The average molecular weight is 651 g/mol. The van der Waals surface area contributed by atoms with Crippen molar-refractivity contribution in [2.45, 2.75) is 51.4 Å². The fourth-order valence-corrected chi connectivity index (χ4v) is 6.20. The summed E-state index contributed by atoms with van der Waals surface area (Å²) in [6, 6.07) is 10.1. The van der Waals surface area contributed by atoms with Crippen LogP contribution in [0.1, 0.15) is 61.7 Å². The molecule has 250 valence electrons. The van der Waals surface area contributed by atoms with Crippen LogP contribution in [0.4, 0.5) is 24.7 Å². The second-order valence-electron chi connectivity index (χ2n) is 12.9. The minimum absolute atomic E-state index is 0.0432. The van der Waals surface area contributed by atoms with Gasteiger partial charge < -0.3 is 19.4 Å². The van der Waals surface area contributed by atoms with E-state index in [1.165, 1.54) is 85.2 Å². The number of hydrogen-bond acceptors (Lipinski definition) is 5. The van der Waals surface area contributed by atoms with Crippen molar-refractivity contribution in [2.24, 2.45) is 0 Å². The number of piperidine rings is 1. The van der Waals surface area contributed by atoms with E-state index < -0.39 is 28.8 Å². The molecule has 1 aliphatic heterocycles. The number of amides is 1. The number of fused-ring (bicyclic) bond motifs is 1. The Hall–Kier alpha value is -4.38. The van der Waals surface area contributed by atoms with Gasteiger partial charge >= 0.3 is 0 Å². The lowest BCUT2D eigenvalue weighted by Gasteiger charge is -2.37. The fraction of sp³-hybridized carbons (Fsp3) is 0.417. The molecule has 0 unspecified atom stereocenters. The third-order valence-corrected chi connectivity index (χ3v) is 8.84. The normalized spacial score (nSPS) is 14.3. The van der Waals surface area contributed by atoms with Crippen LogP contribution >= 0.6 is 0 Å². The molecule has 11 heteroatoms. The van der Waals surface area contributed by atoms with E-state index in [-0.39, 0.29) is 28.0 Å². The highest BCUT2D eigenvalue weighted by molar-refractivity contribution is 6.05. The second-order valence-corrected chi connectivity index (χ2v) is 12.9. The standard InChI is InChI=1S/C36H42F3N5O3/c1-42(2)33-15-13-29-34(45)30(36(46)40-27-21-25(37)20-26(38)22-27)24-43(35(29)41-33)32-14-12-28(23-31(32)39)47-19-11-6-4-5-8-16-44(3)17-9-7-10-18-44/h12-15,20-24H,4-11,16-19H2,1-3H3/p+1. The maximum Gasteiger partial charge on any atom is 0.261 e. The molecule has 8 nitrogen and oxygen atoms in total. The number of ether oxygens (including phenoxy) is 1. The Bertz CT molecular complexity index is 1770. The van der Waals surface area contributed by atoms with Crippen LogP contribution in [-0.4, -0.2) is 67.3 Å². The summed E-state index contributed by atoms with van der Waals surface area (Å²) in [5.41, 5.74) is -1.00. The minimum Gasteiger partial charge on any atom is -0.493 e. The smallest absolute Gasteiger partial charge is 0.261 e. The van der Waals surface area contributed by atoms with Crippen LogP contribution in [0.3, 0.4) is 0 Å². The number of anilines is 2. The molecule has 1 saturated heterocycles. The quantitative estimate of drug-likeness (QED) is 0.124. The number of rotatable bonds is 13. The summed E-state index contributed by atoms with van der Waals surface area (Å²) in [7, 11) is 5.93. The summed E-state index contributed by atoms with van der Waals surface area (Å²) in [4.78, 5) is 32.9. The van der Waals surface area contributed by atoms with Gasteiger partial charge in [0.25, 0.3) is 5.91 Å². The Morgan fingerprint density at radius 3 is 2.34 bits per heavy atom. The van der Waals surface area contributed by atoms with Gasteiger partial charge in [0.2, 0.25) is 5.43 Å². The molecule has 5 rings (SSSR count). The lowest BCUT2D eigenvalue weighted by Crippen LogP contribution is -2.48. The molecule has 0 saturated carbocycles. The topological polar surface area (TPSA) is 76.5 Å². The van der Waals surface area contributed by atoms with E-state index in [2.05, 4.69) is 17.3 Å². The van der Waals surface area contributed by atoms with Crippen molar-refractivity contribution in [3.05, 3.63) is 88.0 Å². The van der Waals surface area contributed by atoms with Crippen LogP contribution in [0.25, 0.3) is 16.7 Å². The number of unbranched alkanes of at least 4 members (excludes halogenated alkanes) is 4. The van der Waals surface area contributed by atoms with Crippen molar-refractivity contribution in [2.75, 3.05) is 57.6 Å². The van der Waals surface area contributed by atoms with Crippen molar-refractivity contribution in [1.29, 1.82) is 0 Å². The molecule has 1 aliphatic rings. The molecule has 4 aromatic rings. The van der Waals surface area contributed by atoms with E-state index in [1.54, 1.807) is 31.1 Å². The third-order valence-electron chi connectivity index (χ3n) is 8.84. The van der Waals surface area contributed by atoms with Gasteiger partial charge in [-0.3, -0.25) is 14.2 Å². The van der Waals surface area contributed by atoms with Crippen LogP contribution in [-0.2, 0) is 0 Å². The monoisotopic (exact) mass is 650 g/mol. The zero-order valence-corrected chi connectivity index (χ0v) is 27.3. The number of carbonyl (C=O) groups excluding carboxylic acids is 1. The first-order chi connectivity index (χ1) is 22.5. The third kappa shape index (κ3) is 8.51. The Balaban J connectivity index is 1.29. The first-order valence-electron chi connectivity index (χ1n) is 16.3. The molecular formula is C36H43F3N5O3+. The van der Waals surface area contributed by atoms with Gasteiger partial charge in [0.1, 0.15) is 28.8 Å². The SMILES string of the molecule is CN(C)c1ccc2c(=O)c(C(=O)Nc3cc(F)cc(F)c3)cn(-c3ccc(OCCCCCCC[N+]4(C)CCCCC4)cc3F)c2n1. The van der Waals surface area contributed by atoms with Gasteiger partial charge in [0, 0.05) is 38.1 Å². The van der Waals surface area contributed by atoms with Gasteiger partial charge in [-0.25, -0.2) is 18.2 Å². The number of carbonyl (C=O) groups is 1. The van der Waals surface area contributed by atoms with Crippen LogP contribution < -0.4 is 20.4 Å². The van der Waals surface area contributed by atoms with Crippen molar-refractivity contribution in [3.8, 4) is 11.4 Å². The minimum atomic E-state index is -0.907. The number of quaternary nitrogens is 1. The molecule has 0 radical (unpaired) electrons. The van der Waals surface area contributed by atoms with Crippen LogP contribution in [0.15, 0.2) is 59.5 Å². The molecule has 1 fully saturated rings. The molecule has 2 aromatic carbocycles. The average Bonchev–Trinajstić information content (AvgIpc) is 3.02. The van der Waals surface area contributed by atoms with Crippen LogP contribution in [0, 0.1) is 17.5 Å². The molecule has 1 N–H and O–H groups in total. The van der Waals surface area contributed by atoms with Gasteiger partial charge in [0.05, 0.1) is 44.4 Å². The van der Waals surface area contributed by atoms with E-state index in [0.29, 0.717) is 24.2 Å². The molecule has 2 aromatic heterocycles. The van der Waals surface area contributed by atoms with Gasteiger partial charge in [-0.05, 0) is 74.9 Å². The highest BCUT2D eigenvalue weighted by Crippen LogP contribution is 2.25. The lowest BCUT2D eigenvalue weighted by molar-refractivity contribution is -0.914.